The zero-order valence-corrected chi connectivity index (χ0v) is 11.6. The number of halogens is 1. The van der Waals surface area contributed by atoms with E-state index < -0.39 is 0 Å². The Kier molecular flexibility index (Phi) is 3.66. The fourth-order valence-electron chi connectivity index (χ4n) is 1.84. The molecule has 1 amide bonds. The molecule has 16 heavy (non-hydrogen) atoms. The SMILES string of the molecule is CC1(C(=O)NCc2sccc2Br)CCNC1. The average molecular weight is 303 g/mol. The van der Waals surface area contributed by atoms with Crippen molar-refractivity contribution in [3.63, 3.8) is 0 Å². The largest absolute Gasteiger partial charge is 0.351 e. The van der Waals surface area contributed by atoms with E-state index in [4.69, 9.17) is 0 Å². The van der Waals surface area contributed by atoms with E-state index in [-0.39, 0.29) is 11.3 Å². The summed E-state index contributed by atoms with van der Waals surface area (Å²) in [6.07, 6.45) is 0.921. The van der Waals surface area contributed by atoms with Gasteiger partial charge in [-0.1, -0.05) is 0 Å². The summed E-state index contributed by atoms with van der Waals surface area (Å²) in [6.45, 7) is 4.36. The van der Waals surface area contributed by atoms with E-state index in [0.717, 1.165) is 24.0 Å². The Balaban J connectivity index is 1.91. The molecule has 2 rings (SSSR count). The highest BCUT2D eigenvalue weighted by atomic mass is 79.9. The van der Waals surface area contributed by atoms with Crippen molar-refractivity contribution < 1.29 is 4.79 Å². The van der Waals surface area contributed by atoms with Crippen molar-refractivity contribution in [1.29, 1.82) is 0 Å². The highest BCUT2D eigenvalue weighted by Gasteiger charge is 2.35. The van der Waals surface area contributed by atoms with Crippen molar-refractivity contribution in [2.24, 2.45) is 5.41 Å². The van der Waals surface area contributed by atoms with E-state index >= 15 is 0 Å². The molecule has 0 saturated carbocycles. The summed E-state index contributed by atoms with van der Waals surface area (Å²) in [5, 5.41) is 8.26. The Morgan fingerprint density at radius 3 is 3.12 bits per heavy atom. The third-order valence-electron chi connectivity index (χ3n) is 3.02. The smallest absolute Gasteiger partial charge is 0.227 e. The maximum absolute atomic E-state index is 12.0. The summed E-state index contributed by atoms with van der Waals surface area (Å²) >= 11 is 5.12. The predicted molar refractivity (Wildman–Crippen MR) is 69.5 cm³/mol. The predicted octanol–water partition coefficient (Wildman–Crippen LogP) is 2.13. The van der Waals surface area contributed by atoms with Crippen LogP contribution in [0.4, 0.5) is 0 Å². The lowest BCUT2D eigenvalue weighted by Crippen LogP contribution is -2.39. The molecule has 0 bridgehead atoms. The number of amides is 1. The van der Waals surface area contributed by atoms with E-state index in [2.05, 4.69) is 26.6 Å². The first-order valence-corrected chi connectivity index (χ1v) is 7.00. The molecule has 0 radical (unpaired) electrons. The van der Waals surface area contributed by atoms with Crippen molar-refractivity contribution in [3.8, 4) is 0 Å². The van der Waals surface area contributed by atoms with Gasteiger partial charge in [0.25, 0.3) is 0 Å². The van der Waals surface area contributed by atoms with Crippen molar-refractivity contribution >= 4 is 33.2 Å². The lowest BCUT2D eigenvalue weighted by Gasteiger charge is -2.21. The summed E-state index contributed by atoms with van der Waals surface area (Å²) in [4.78, 5) is 13.2. The molecule has 1 aliphatic rings. The molecular formula is C11H15BrN2OS. The molecule has 3 nitrogen and oxygen atoms in total. The Bertz CT molecular complexity index is 385. The van der Waals surface area contributed by atoms with Gasteiger partial charge in [0.1, 0.15) is 0 Å². The minimum atomic E-state index is -0.232. The molecule has 2 N–H and O–H groups in total. The normalized spacial score (nSPS) is 24.6. The van der Waals surface area contributed by atoms with Crippen LogP contribution in [0.1, 0.15) is 18.2 Å². The van der Waals surface area contributed by atoms with Gasteiger partial charge in [0, 0.05) is 15.9 Å². The molecule has 1 aromatic heterocycles. The van der Waals surface area contributed by atoms with E-state index in [1.807, 2.05) is 18.4 Å². The van der Waals surface area contributed by atoms with Crippen LogP contribution in [0.15, 0.2) is 15.9 Å². The Hall–Kier alpha value is -0.390. The monoisotopic (exact) mass is 302 g/mol. The maximum Gasteiger partial charge on any atom is 0.227 e. The van der Waals surface area contributed by atoms with Crippen LogP contribution in [-0.4, -0.2) is 19.0 Å². The molecule has 88 valence electrons. The summed E-state index contributed by atoms with van der Waals surface area (Å²) in [5.41, 5.74) is -0.232. The maximum atomic E-state index is 12.0. The molecule has 5 heteroatoms. The molecule has 1 fully saturated rings. The number of hydrogen-bond acceptors (Lipinski definition) is 3. The summed E-state index contributed by atoms with van der Waals surface area (Å²) in [5.74, 6) is 0.151. The number of hydrogen-bond donors (Lipinski definition) is 2. The fourth-order valence-corrected chi connectivity index (χ4v) is 3.27. The van der Waals surface area contributed by atoms with E-state index in [9.17, 15) is 4.79 Å². The molecule has 0 aliphatic carbocycles. The van der Waals surface area contributed by atoms with Crippen LogP contribution in [0.2, 0.25) is 0 Å². The van der Waals surface area contributed by atoms with Crippen molar-refractivity contribution in [3.05, 3.63) is 20.8 Å². The average Bonchev–Trinajstić information content (AvgIpc) is 2.85. The van der Waals surface area contributed by atoms with Crippen LogP contribution >= 0.6 is 27.3 Å². The van der Waals surface area contributed by atoms with Gasteiger partial charge >= 0.3 is 0 Å². The van der Waals surface area contributed by atoms with Crippen LogP contribution in [-0.2, 0) is 11.3 Å². The highest BCUT2D eigenvalue weighted by Crippen LogP contribution is 2.26. The Morgan fingerprint density at radius 1 is 1.75 bits per heavy atom. The lowest BCUT2D eigenvalue weighted by atomic mass is 9.89. The van der Waals surface area contributed by atoms with E-state index in [1.165, 1.54) is 4.88 Å². The first-order chi connectivity index (χ1) is 7.62. The molecule has 1 unspecified atom stereocenters. The minimum Gasteiger partial charge on any atom is -0.351 e. The van der Waals surface area contributed by atoms with Crippen LogP contribution in [0.25, 0.3) is 0 Å². The van der Waals surface area contributed by atoms with Crippen LogP contribution in [0.3, 0.4) is 0 Å². The third-order valence-corrected chi connectivity index (χ3v) is 4.94. The van der Waals surface area contributed by atoms with Gasteiger partial charge < -0.3 is 10.6 Å². The van der Waals surface area contributed by atoms with Crippen LogP contribution in [0, 0.1) is 5.41 Å². The van der Waals surface area contributed by atoms with E-state index in [0.29, 0.717) is 6.54 Å². The molecule has 0 spiro atoms. The second-order valence-electron chi connectivity index (χ2n) is 4.36. The number of nitrogens with one attached hydrogen (secondary N) is 2. The highest BCUT2D eigenvalue weighted by molar-refractivity contribution is 9.10. The Labute approximate surface area is 108 Å². The quantitative estimate of drug-likeness (QED) is 0.898. The molecule has 0 aromatic carbocycles. The lowest BCUT2D eigenvalue weighted by molar-refractivity contribution is -0.129. The Morgan fingerprint density at radius 2 is 2.56 bits per heavy atom. The number of carbonyl (C=O) groups excluding carboxylic acids is 1. The second-order valence-corrected chi connectivity index (χ2v) is 6.22. The van der Waals surface area contributed by atoms with Gasteiger partial charge in [0.15, 0.2) is 0 Å². The first-order valence-electron chi connectivity index (χ1n) is 5.33. The molecule has 1 aliphatic heterocycles. The van der Waals surface area contributed by atoms with Gasteiger partial charge in [-0.15, -0.1) is 11.3 Å². The van der Waals surface area contributed by atoms with Gasteiger partial charge in [0.05, 0.1) is 12.0 Å². The molecular weight excluding hydrogens is 288 g/mol. The van der Waals surface area contributed by atoms with Crippen molar-refractivity contribution in [1.82, 2.24) is 10.6 Å². The van der Waals surface area contributed by atoms with Gasteiger partial charge in [0.2, 0.25) is 5.91 Å². The minimum absolute atomic E-state index is 0.151. The topological polar surface area (TPSA) is 41.1 Å². The van der Waals surface area contributed by atoms with Gasteiger partial charge in [-0.2, -0.15) is 0 Å². The zero-order chi connectivity index (χ0) is 11.6. The number of thiophene rings is 1. The second kappa shape index (κ2) is 4.85. The van der Waals surface area contributed by atoms with Crippen molar-refractivity contribution in [2.75, 3.05) is 13.1 Å². The zero-order valence-electron chi connectivity index (χ0n) is 9.18. The van der Waals surface area contributed by atoms with Crippen LogP contribution < -0.4 is 10.6 Å². The number of rotatable bonds is 3. The molecule has 1 atom stereocenters. The van der Waals surface area contributed by atoms with Crippen molar-refractivity contribution in [2.45, 2.75) is 19.9 Å². The molecule has 1 saturated heterocycles. The molecule has 1 aromatic rings. The summed E-state index contributed by atoms with van der Waals surface area (Å²) < 4.78 is 1.08. The standard InChI is InChI=1S/C11H15BrN2OS/c1-11(3-4-13-7-11)10(15)14-6-9-8(12)2-5-16-9/h2,5,13H,3-4,6-7H2,1H3,(H,14,15). The van der Waals surface area contributed by atoms with E-state index in [1.54, 1.807) is 11.3 Å². The first kappa shape index (κ1) is 12.1. The summed E-state index contributed by atoms with van der Waals surface area (Å²) in [6, 6.07) is 2.00. The van der Waals surface area contributed by atoms with Gasteiger partial charge in [-0.3, -0.25) is 4.79 Å². The number of carbonyl (C=O) groups is 1. The molecule has 2 heterocycles. The van der Waals surface area contributed by atoms with Crippen LogP contribution in [0.5, 0.6) is 0 Å². The third kappa shape index (κ3) is 2.47. The fraction of sp³-hybridized carbons (Fsp3) is 0.545. The van der Waals surface area contributed by atoms with Gasteiger partial charge in [-0.05, 0) is 47.3 Å². The van der Waals surface area contributed by atoms with Gasteiger partial charge in [-0.25, -0.2) is 0 Å². The summed E-state index contributed by atoms with van der Waals surface area (Å²) in [7, 11) is 0.